The summed E-state index contributed by atoms with van der Waals surface area (Å²) in [5.41, 5.74) is 6.85. The highest BCUT2D eigenvalue weighted by Gasteiger charge is 2.20. The molecule has 7 heteroatoms. The van der Waals surface area contributed by atoms with E-state index in [1.807, 2.05) is 17.5 Å². The summed E-state index contributed by atoms with van der Waals surface area (Å²) in [6.45, 7) is 2.15. The first-order valence-electron chi connectivity index (χ1n) is 12.5. The van der Waals surface area contributed by atoms with Crippen LogP contribution in [0.2, 0.25) is 0 Å². The molecule has 2 aliphatic rings. The van der Waals surface area contributed by atoms with Crippen LogP contribution in [0.25, 0.3) is 43.2 Å². The van der Waals surface area contributed by atoms with Crippen LogP contribution in [0, 0.1) is 0 Å². The molecule has 0 aliphatic carbocycles. The molecule has 35 heavy (non-hydrogen) atoms. The van der Waals surface area contributed by atoms with Crippen LogP contribution >= 0.6 is 11.3 Å². The average Bonchev–Trinajstić information content (AvgIpc) is 3.73. The molecule has 2 atom stereocenters. The van der Waals surface area contributed by atoms with Crippen molar-refractivity contribution in [2.75, 3.05) is 13.1 Å². The second kappa shape index (κ2) is 8.75. The number of imidazole rings is 2. The van der Waals surface area contributed by atoms with Crippen LogP contribution in [-0.2, 0) is 0 Å². The van der Waals surface area contributed by atoms with Crippen LogP contribution in [0.5, 0.6) is 0 Å². The molecule has 5 heterocycles. The molecule has 2 aliphatic heterocycles. The van der Waals surface area contributed by atoms with Crippen LogP contribution in [0.15, 0.2) is 60.8 Å². The number of H-pyrrole nitrogens is 2. The van der Waals surface area contributed by atoms with Crippen molar-refractivity contribution in [1.82, 2.24) is 30.6 Å². The molecule has 4 N–H and O–H groups in total. The molecule has 3 aromatic heterocycles. The Morgan fingerprint density at radius 2 is 1.40 bits per heavy atom. The predicted molar refractivity (Wildman–Crippen MR) is 142 cm³/mol. The Kier molecular flexibility index (Phi) is 5.26. The van der Waals surface area contributed by atoms with Crippen molar-refractivity contribution in [2.45, 2.75) is 37.8 Å². The standard InChI is InChI=1S/C28H28N6S/c1-3-21(29-13-1)27-31-16-24(34-27)17-5-7-18(8-6-17)25-11-12-26(35-25)19-9-10-20-23(15-19)33-28(32-20)22-4-2-14-30-22/h5-12,15-16,21-22,29-30H,1-4,13-14H2,(H,31,34)(H,32,33)/t21-,22-/m0/s1. The Hall–Kier alpha value is -3.26. The van der Waals surface area contributed by atoms with Gasteiger partial charge in [-0.3, -0.25) is 0 Å². The average molecular weight is 481 g/mol. The van der Waals surface area contributed by atoms with Gasteiger partial charge in [0.25, 0.3) is 0 Å². The highest BCUT2D eigenvalue weighted by molar-refractivity contribution is 7.18. The maximum Gasteiger partial charge on any atom is 0.124 e. The van der Waals surface area contributed by atoms with Crippen molar-refractivity contribution in [2.24, 2.45) is 0 Å². The fourth-order valence-electron chi connectivity index (χ4n) is 5.31. The summed E-state index contributed by atoms with van der Waals surface area (Å²) in [4.78, 5) is 19.0. The maximum absolute atomic E-state index is 4.81. The Balaban J connectivity index is 1.11. The quantitative estimate of drug-likeness (QED) is 0.241. The highest BCUT2D eigenvalue weighted by atomic mass is 32.1. The first-order chi connectivity index (χ1) is 17.3. The minimum Gasteiger partial charge on any atom is -0.341 e. The monoisotopic (exact) mass is 480 g/mol. The second-order valence-electron chi connectivity index (χ2n) is 9.58. The Bertz CT molecular complexity index is 1460. The summed E-state index contributed by atoms with van der Waals surface area (Å²) in [5.74, 6) is 2.11. The number of hydrogen-bond donors (Lipinski definition) is 4. The number of thiophene rings is 1. The summed E-state index contributed by atoms with van der Waals surface area (Å²) < 4.78 is 0. The van der Waals surface area contributed by atoms with Gasteiger partial charge in [-0.1, -0.05) is 30.3 Å². The number of nitrogens with zero attached hydrogens (tertiary/aromatic N) is 2. The third-order valence-corrected chi connectivity index (χ3v) is 8.43. The molecule has 2 fully saturated rings. The van der Waals surface area contributed by atoms with E-state index in [0.717, 1.165) is 54.3 Å². The van der Waals surface area contributed by atoms with Crippen LogP contribution in [0.1, 0.15) is 49.4 Å². The molecule has 7 rings (SSSR count). The number of aromatic amines is 2. The van der Waals surface area contributed by atoms with Gasteiger partial charge in [0.15, 0.2) is 0 Å². The smallest absolute Gasteiger partial charge is 0.124 e. The third kappa shape index (κ3) is 3.99. The van der Waals surface area contributed by atoms with E-state index in [4.69, 9.17) is 4.98 Å². The number of fused-ring (bicyclic) bond motifs is 1. The molecule has 176 valence electrons. The number of benzene rings is 2. The Labute approximate surface area is 208 Å². The number of nitrogens with one attached hydrogen (secondary N) is 4. The zero-order chi connectivity index (χ0) is 23.2. The topological polar surface area (TPSA) is 81.4 Å². The van der Waals surface area contributed by atoms with Crippen molar-refractivity contribution in [3.8, 4) is 32.1 Å². The van der Waals surface area contributed by atoms with E-state index >= 15 is 0 Å². The van der Waals surface area contributed by atoms with Gasteiger partial charge < -0.3 is 20.6 Å². The maximum atomic E-state index is 4.81. The lowest BCUT2D eigenvalue weighted by molar-refractivity contribution is 0.613. The van der Waals surface area contributed by atoms with E-state index in [1.54, 1.807) is 0 Å². The Morgan fingerprint density at radius 3 is 2.14 bits per heavy atom. The van der Waals surface area contributed by atoms with Gasteiger partial charge in [0, 0.05) is 9.75 Å². The second-order valence-corrected chi connectivity index (χ2v) is 10.7. The van der Waals surface area contributed by atoms with Crippen molar-refractivity contribution in [3.63, 3.8) is 0 Å². The molecule has 2 saturated heterocycles. The van der Waals surface area contributed by atoms with Crippen molar-refractivity contribution < 1.29 is 0 Å². The number of rotatable bonds is 5. The normalized spacial score (nSPS) is 20.2. The van der Waals surface area contributed by atoms with Gasteiger partial charge in [-0.15, -0.1) is 11.3 Å². The van der Waals surface area contributed by atoms with Gasteiger partial charge in [-0.05, 0) is 79.7 Å². The first kappa shape index (κ1) is 21.1. The molecule has 0 radical (unpaired) electrons. The molecule has 0 bridgehead atoms. The molecular weight excluding hydrogens is 452 g/mol. The molecule has 0 spiro atoms. The van der Waals surface area contributed by atoms with Crippen LogP contribution in [-0.4, -0.2) is 33.0 Å². The van der Waals surface area contributed by atoms with E-state index in [0.29, 0.717) is 12.1 Å². The van der Waals surface area contributed by atoms with Crippen LogP contribution in [0.3, 0.4) is 0 Å². The lowest BCUT2D eigenvalue weighted by Crippen LogP contribution is -2.14. The van der Waals surface area contributed by atoms with E-state index < -0.39 is 0 Å². The molecule has 0 saturated carbocycles. The van der Waals surface area contributed by atoms with Crippen molar-refractivity contribution in [1.29, 1.82) is 0 Å². The minimum atomic E-state index is 0.356. The molecule has 5 aromatic rings. The fourth-order valence-corrected chi connectivity index (χ4v) is 6.31. The molecule has 6 nitrogen and oxygen atoms in total. The summed E-state index contributed by atoms with van der Waals surface area (Å²) in [6.07, 6.45) is 6.69. The largest absolute Gasteiger partial charge is 0.341 e. The summed E-state index contributed by atoms with van der Waals surface area (Å²) in [6, 6.07) is 20.5. The van der Waals surface area contributed by atoms with E-state index in [1.165, 1.54) is 39.3 Å². The van der Waals surface area contributed by atoms with Crippen LogP contribution in [0.4, 0.5) is 0 Å². The zero-order valence-electron chi connectivity index (χ0n) is 19.5. The highest BCUT2D eigenvalue weighted by Crippen LogP contribution is 2.36. The Morgan fingerprint density at radius 1 is 0.714 bits per heavy atom. The summed E-state index contributed by atoms with van der Waals surface area (Å²) in [5, 5.41) is 7.04. The van der Waals surface area contributed by atoms with Crippen LogP contribution < -0.4 is 10.6 Å². The molecular formula is C28H28N6S. The van der Waals surface area contributed by atoms with Crippen molar-refractivity contribution in [3.05, 3.63) is 72.4 Å². The summed E-state index contributed by atoms with van der Waals surface area (Å²) in [7, 11) is 0. The lowest BCUT2D eigenvalue weighted by Gasteiger charge is -2.05. The van der Waals surface area contributed by atoms with E-state index in [2.05, 4.69) is 80.2 Å². The summed E-state index contributed by atoms with van der Waals surface area (Å²) >= 11 is 1.83. The zero-order valence-corrected chi connectivity index (χ0v) is 20.3. The number of aromatic nitrogens is 4. The van der Waals surface area contributed by atoms with Gasteiger partial charge >= 0.3 is 0 Å². The van der Waals surface area contributed by atoms with Gasteiger partial charge in [-0.2, -0.15) is 0 Å². The first-order valence-corrected chi connectivity index (χ1v) is 13.3. The molecule has 0 amide bonds. The lowest BCUT2D eigenvalue weighted by atomic mass is 10.1. The van der Waals surface area contributed by atoms with E-state index in [9.17, 15) is 0 Å². The van der Waals surface area contributed by atoms with Gasteiger partial charge in [0.2, 0.25) is 0 Å². The molecule has 2 aromatic carbocycles. The van der Waals surface area contributed by atoms with Gasteiger partial charge in [0.05, 0.1) is 35.0 Å². The third-order valence-electron chi connectivity index (χ3n) is 7.25. The number of hydrogen-bond acceptors (Lipinski definition) is 5. The van der Waals surface area contributed by atoms with Gasteiger partial charge in [-0.25, -0.2) is 9.97 Å². The minimum absolute atomic E-state index is 0.356. The van der Waals surface area contributed by atoms with E-state index in [-0.39, 0.29) is 0 Å². The predicted octanol–water partition coefficient (Wildman–Crippen LogP) is 6.20. The SMILES string of the molecule is c1cc(-c2ccc(-c3ccc4nc([C@@H]5CCCN5)[nH]c4c3)s2)ccc1-c1cnc([C@@H]2CCCN2)[nH]1. The fraction of sp³-hybridized carbons (Fsp3) is 0.286. The molecule has 0 unspecified atom stereocenters. The van der Waals surface area contributed by atoms with Gasteiger partial charge in [0.1, 0.15) is 11.6 Å². The van der Waals surface area contributed by atoms with Crippen molar-refractivity contribution >= 4 is 22.4 Å².